The molecule has 1 aliphatic heterocycles. The molecule has 5 nitrogen and oxygen atoms in total. The molecule has 0 saturated carbocycles. The van der Waals surface area contributed by atoms with E-state index in [1.807, 2.05) is 30.3 Å². The largest absolute Gasteiger partial charge is 0.494 e. The SMILES string of the molecule is COc1ccc(CC(=O)N[C@H](CN2CCCC2=O)c2ccccc2)cc1F. The number of hydrogen-bond acceptors (Lipinski definition) is 3. The number of nitrogens with zero attached hydrogens (tertiary/aromatic N) is 1. The fraction of sp³-hybridized carbons (Fsp3) is 0.333. The van der Waals surface area contributed by atoms with Gasteiger partial charge in [0.25, 0.3) is 0 Å². The zero-order chi connectivity index (χ0) is 19.2. The molecule has 2 aromatic carbocycles. The van der Waals surface area contributed by atoms with Gasteiger partial charge in [0.05, 0.1) is 19.6 Å². The standard InChI is InChI=1S/C21H23FN2O3/c1-27-19-10-9-15(12-17(19)22)13-20(25)23-18(16-6-3-2-4-7-16)14-24-11-5-8-21(24)26/h2-4,6-7,9-10,12,18H,5,8,11,13-14H2,1H3,(H,23,25)/t18-/m1/s1. The van der Waals surface area contributed by atoms with Crippen molar-refractivity contribution in [1.82, 2.24) is 10.2 Å². The Balaban J connectivity index is 1.70. The summed E-state index contributed by atoms with van der Waals surface area (Å²) < 4.78 is 18.7. The van der Waals surface area contributed by atoms with Crippen LogP contribution in [0.25, 0.3) is 0 Å². The van der Waals surface area contributed by atoms with Crippen molar-refractivity contribution in [2.75, 3.05) is 20.2 Å². The summed E-state index contributed by atoms with van der Waals surface area (Å²) in [5.74, 6) is -0.457. The van der Waals surface area contributed by atoms with E-state index in [0.29, 0.717) is 25.1 Å². The molecule has 0 spiro atoms. The monoisotopic (exact) mass is 370 g/mol. The first-order valence-electron chi connectivity index (χ1n) is 9.01. The maximum absolute atomic E-state index is 13.8. The zero-order valence-corrected chi connectivity index (χ0v) is 15.3. The lowest BCUT2D eigenvalue weighted by Gasteiger charge is -2.25. The van der Waals surface area contributed by atoms with Crippen molar-refractivity contribution in [3.05, 3.63) is 65.5 Å². The molecule has 0 bridgehead atoms. The minimum absolute atomic E-state index is 0.0538. The quantitative estimate of drug-likeness (QED) is 0.815. The van der Waals surface area contributed by atoms with Crippen molar-refractivity contribution in [2.24, 2.45) is 0 Å². The third-order valence-electron chi connectivity index (χ3n) is 4.69. The number of ether oxygens (including phenoxy) is 1. The summed E-state index contributed by atoms with van der Waals surface area (Å²) in [4.78, 5) is 26.3. The summed E-state index contributed by atoms with van der Waals surface area (Å²) in [5, 5.41) is 2.99. The van der Waals surface area contributed by atoms with Gasteiger partial charge in [-0.1, -0.05) is 36.4 Å². The first-order valence-corrected chi connectivity index (χ1v) is 9.01. The van der Waals surface area contributed by atoms with Crippen LogP contribution in [0.3, 0.4) is 0 Å². The van der Waals surface area contributed by atoms with Crippen molar-refractivity contribution in [3.8, 4) is 5.75 Å². The van der Waals surface area contributed by atoms with Gasteiger partial charge in [-0.15, -0.1) is 0 Å². The third-order valence-corrected chi connectivity index (χ3v) is 4.69. The molecule has 1 atom stereocenters. The number of benzene rings is 2. The smallest absolute Gasteiger partial charge is 0.224 e. The first kappa shape index (κ1) is 18.9. The van der Waals surface area contributed by atoms with Crippen LogP contribution in [0, 0.1) is 5.82 Å². The van der Waals surface area contributed by atoms with Gasteiger partial charge in [-0.2, -0.15) is 0 Å². The van der Waals surface area contributed by atoms with E-state index in [1.54, 1.807) is 11.0 Å². The van der Waals surface area contributed by atoms with E-state index in [1.165, 1.54) is 19.2 Å². The fourth-order valence-electron chi connectivity index (χ4n) is 3.29. The molecule has 27 heavy (non-hydrogen) atoms. The van der Waals surface area contributed by atoms with Crippen LogP contribution in [0.1, 0.15) is 30.0 Å². The van der Waals surface area contributed by atoms with Gasteiger partial charge in [-0.3, -0.25) is 9.59 Å². The van der Waals surface area contributed by atoms with E-state index < -0.39 is 5.82 Å². The molecule has 1 aliphatic rings. The van der Waals surface area contributed by atoms with Gasteiger partial charge >= 0.3 is 0 Å². The molecular formula is C21H23FN2O3. The Bertz CT molecular complexity index is 810. The lowest BCUT2D eigenvalue weighted by atomic mass is 10.1. The topological polar surface area (TPSA) is 58.6 Å². The van der Waals surface area contributed by atoms with Gasteiger partial charge in [0, 0.05) is 19.5 Å². The Morgan fingerprint density at radius 1 is 1.26 bits per heavy atom. The number of likely N-dealkylation sites (tertiary alicyclic amines) is 1. The molecule has 1 heterocycles. The second-order valence-corrected chi connectivity index (χ2v) is 6.62. The predicted molar refractivity (Wildman–Crippen MR) is 99.8 cm³/mol. The van der Waals surface area contributed by atoms with E-state index >= 15 is 0 Å². The highest BCUT2D eigenvalue weighted by atomic mass is 19.1. The molecule has 142 valence electrons. The molecular weight excluding hydrogens is 347 g/mol. The summed E-state index contributed by atoms with van der Waals surface area (Å²) in [6, 6.07) is 13.8. The maximum atomic E-state index is 13.8. The van der Waals surface area contributed by atoms with Gasteiger partial charge in [0.2, 0.25) is 11.8 Å². The number of rotatable bonds is 7. The molecule has 0 aliphatic carbocycles. The molecule has 2 aromatic rings. The number of nitrogens with one attached hydrogen (secondary N) is 1. The van der Waals surface area contributed by atoms with Crippen molar-refractivity contribution >= 4 is 11.8 Å². The van der Waals surface area contributed by atoms with Crippen LogP contribution in [0.5, 0.6) is 5.75 Å². The summed E-state index contributed by atoms with van der Waals surface area (Å²) in [6.07, 6.45) is 1.46. The normalized spacial score (nSPS) is 14.9. The lowest BCUT2D eigenvalue weighted by molar-refractivity contribution is -0.129. The molecule has 0 radical (unpaired) electrons. The average molecular weight is 370 g/mol. The molecule has 2 amide bonds. The predicted octanol–water partition coefficient (Wildman–Crippen LogP) is 2.86. The van der Waals surface area contributed by atoms with Crippen molar-refractivity contribution in [2.45, 2.75) is 25.3 Å². The van der Waals surface area contributed by atoms with E-state index in [4.69, 9.17) is 4.74 Å². The van der Waals surface area contributed by atoms with Crippen LogP contribution >= 0.6 is 0 Å². The van der Waals surface area contributed by atoms with Crippen LogP contribution in [0.4, 0.5) is 4.39 Å². The molecule has 1 fully saturated rings. The summed E-state index contributed by atoms with van der Waals surface area (Å²) >= 11 is 0. The van der Waals surface area contributed by atoms with Gasteiger partial charge < -0.3 is 15.0 Å². The van der Waals surface area contributed by atoms with Crippen LogP contribution < -0.4 is 10.1 Å². The number of methoxy groups -OCH3 is 1. The molecule has 1 saturated heterocycles. The minimum Gasteiger partial charge on any atom is -0.494 e. The minimum atomic E-state index is -0.495. The Morgan fingerprint density at radius 2 is 2.04 bits per heavy atom. The van der Waals surface area contributed by atoms with Crippen molar-refractivity contribution < 1.29 is 18.7 Å². The van der Waals surface area contributed by atoms with Gasteiger partial charge in [-0.25, -0.2) is 4.39 Å². The lowest BCUT2D eigenvalue weighted by Crippen LogP contribution is -2.39. The number of carbonyl (C=O) groups is 2. The summed E-state index contributed by atoms with van der Waals surface area (Å²) in [7, 11) is 1.40. The van der Waals surface area contributed by atoms with Gasteiger partial charge in [-0.05, 0) is 29.7 Å². The van der Waals surface area contributed by atoms with Crippen LogP contribution in [0.2, 0.25) is 0 Å². The van der Waals surface area contributed by atoms with Crippen molar-refractivity contribution in [3.63, 3.8) is 0 Å². The number of halogens is 1. The van der Waals surface area contributed by atoms with Gasteiger partial charge in [0.1, 0.15) is 0 Å². The Labute approximate surface area is 158 Å². The highest BCUT2D eigenvalue weighted by Gasteiger charge is 2.25. The zero-order valence-electron chi connectivity index (χ0n) is 15.3. The Morgan fingerprint density at radius 3 is 2.67 bits per heavy atom. The number of hydrogen-bond donors (Lipinski definition) is 1. The Hall–Kier alpha value is -2.89. The second kappa shape index (κ2) is 8.66. The highest BCUT2D eigenvalue weighted by molar-refractivity contribution is 5.80. The molecule has 6 heteroatoms. The van der Waals surface area contributed by atoms with Crippen LogP contribution in [-0.2, 0) is 16.0 Å². The average Bonchev–Trinajstić information content (AvgIpc) is 3.07. The van der Waals surface area contributed by atoms with E-state index in [2.05, 4.69) is 5.32 Å². The summed E-state index contributed by atoms with van der Waals surface area (Å²) in [6.45, 7) is 1.15. The van der Waals surface area contributed by atoms with E-state index in [0.717, 1.165) is 12.0 Å². The third kappa shape index (κ3) is 4.84. The maximum Gasteiger partial charge on any atom is 0.224 e. The number of amides is 2. The van der Waals surface area contributed by atoms with E-state index in [-0.39, 0.29) is 30.0 Å². The molecule has 3 rings (SSSR count). The first-order chi connectivity index (χ1) is 13.1. The fourth-order valence-corrected chi connectivity index (χ4v) is 3.29. The van der Waals surface area contributed by atoms with E-state index in [9.17, 15) is 14.0 Å². The van der Waals surface area contributed by atoms with Crippen LogP contribution in [-0.4, -0.2) is 36.9 Å². The van der Waals surface area contributed by atoms with Crippen LogP contribution in [0.15, 0.2) is 48.5 Å². The molecule has 1 N–H and O–H groups in total. The Kier molecular flexibility index (Phi) is 6.06. The molecule has 0 unspecified atom stereocenters. The second-order valence-electron chi connectivity index (χ2n) is 6.62. The number of carbonyl (C=O) groups excluding carboxylic acids is 2. The summed E-state index contributed by atoms with van der Waals surface area (Å²) in [5.41, 5.74) is 1.50. The highest BCUT2D eigenvalue weighted by Crippen LogP contribution is 2.20. The van der Waals surface area contributed by atoms with Crippen molar-refractivity contribution in [1.29, 1.82) is 0 Å². The van der Waals surface area contributed by atoms with Gasteiger partial charge in [0.15, 0.2) is 11.6 Å². The molecule has 0 aromatic heterocycles.